The molecule has 2 atom stereocenters. The van der Waals surface area contributed by atoms with Gasteiger partial charge >= 0.3 is 0 Å². The van der Waals surface area contributed by atoms with E-state index in [1.54, 1.807) is 23.1 Å². The van der Waals surface area contributed by atoms with Gasteiger partial charge < -0.3 is 20.6 Å². The van der Waals surface area contributed by atoms with Crippen molar-refractivity contribution in [3.63, 3.8) is 0 Å². The molecule has 232 valence electrons. The lowest BCUT2D eigenvalue weighted by Gasteiger charge is -2.29. The van der Waals surface area contributed by atoms with E-state index in [9.17, 15) is 23.5 Å². The number of carbonyl (C=O) groups is 2. The first-order chi connectivity index (χ1) is 20.5. The lowest BCUT2D eigenvalue weighted by Crippen LogP contribution is -2.46. The number of carbonyl (C=O) groups excluding carboxylic acids is 2. The summed E-state index contributed by atoms with van der Waals surface area (Å²) in [5, 5.41) is 11.1. The number of aryl methyl sites for hydroxylation is 2. The summed E-state index contributed by atoms with van der Waals surface area (Å²) in [6, 6.07) is 15.4. The van der Waals surface area contributed by atoms with E-state index in [2.05, 4.69) is 6.92 Å². The van der Waals surface area contributed by atoms with Crippen LogP contribution in [-0.4, -0.2) is 58.5 Å². The third kappa shape index (κ3) is 9.97. The molecule has 0 aliphatic carbocycles. The van der Waals surface area contributed by atoms with E-state index >= 15 is 0 Å². The molecular formula is C35H45F2N3O3. The van der Waals surface area contributed by atoms with Crippen LogP contribution in [0.5, 0.6) is 0 Å². The second-order valence-electron chi connectivity index (χ2n) is 11.3. The summed E-state index contributed by atoms with van der Waals surface area (Å²) in [6.07, 6.45) is 2.38. The van der Waals surface area contributed by atoms with Gasteiger partial charge in [0.2, 0.25) is 0 Å². The first-order valence-corrected chi connectivity index (χ1v) is 15.2. The van der Waals surface area contributed by atoms with Crippen molar-refractivity contribution in [2.45, 2.75) is 78.5 Å². The number of benzene rings is 3. The zero-order valence-corrected chi connectivity index (χ0v) is 25.8. The minimum absolute atomic E-state index is 0.0254. The van der Waals surface area contributed by atoms with E-state index in [0.29, 0.717) is 29.8 Å². The highest BCUT2D eigenvalue weighted by atomic mass is 19.1. The molecule has 8 heteroatoms. The third-order valence-corrected chi connectivity index (χ3v) is 7.33. The van der Waals surface area contributed by atoms with Gasteiger partial charge in [-0.3, -0.25) is 9.59 Å². The quantitative estimate of drug-likeness (QED) is 0.224. The third-order valence-electron chi connectivity index (χ3n) is 7.33. The van der Waals surface area contributed by atoms with Crippen molar-refractivity contribution < 1.29 is 23.5 Å². The molecular weight excluding hydrogens is 548 g/mol. The Kier molecular flexibility index (Phi) is 12.8. The largest absolute Gasteiger partial charge is 0.390 e. The predicted octanol–water partition coefficient (Wildman–Crippen LogP) is 6.06. The molecule has 0 saturated carbocycles. The van der Waals surface area contributed by atoms with Gasteiger partial charge in [0, 0.05) is 49.4 Å². The molecule has 0 aliphatic rings. The Morgan fingerprint density at radius 1 is 0.791 bits per heavy atom. The molecule has 3 aromatic carbocycles. The summed E-state index contributed by atoms with van der Waals surface area (Å²) in [6.45, 7) is 9.36. The molecule has 0 bridgehead atoms. The van der Waals surface area contributed by atoms with Crippen LogP contribution in [0.2, 0.25) is 0 Å². The van der Waals surface area contributed by atoms with Crippen LogP contribution < -0.4 is 5.73 Å². The van der Waals surface area contributed by atoms with Gasteiger partial charge in [-0.15, -0.1) is 0 Å². The van der Waals surface area contributed by atoms with Crippen molar-refractivity contribution in [3.8, 4) is 0 Å². The van der Waals surface area contributed by atoms with Crippen molar-refractivity contribution in [1.29, 1.82) is 0 Å². The van der Waals surface area contributed by atoms with Crippen LogP contribution in [0, 0.1) is 18.6 Å². The fraction of sp³-hybridized carbons (Fsp3) is 0.429. The highest BCUT2D eigenvalue weighted by Gasteiger charge is 2.25. The molecule has 0 aromatic heterocycles. The summed E-state index contributed by atoms with van der Waals surface area (Å²) in [7, 11) is 0. The Morgan fingerprint density at radius 2 is 1.37 bits per heavy atom. The number of nitrogens with zero attached hydrogens (tertiary/aromatic N) is 2. The number of aliphatic hydroxyl groups is 1. The maximum atomic E-state index is 14.1. The molecule has 6 nitrogen and oxygen atoms in total. The molecule has 3 aromatic rings. The number of halogens is 2. The molecule has 0 aliphatic heterocycles. The smallest absolute Gasteiger partial charge is 0.254 e. The summed E-state index contributed by atoms with van der Waals surface area (Å²) in [4.78, 5) is 30.8. The van der Waals surface area contributed by atoms with Gasteiger partial charge in [0.25, 0.3) is 11.8 Å². The fourth-order valence-electron chi connectivity index (χ4n) is 5.36. The predicted molar refractivity (Wildman–Crippen MR) is 167 cm³/mol. The van der Waals surface area contributed by atoms with Gasteiger partial charge in [-0.05, 0) is 85.2 Å². The number of rotatable bonds is 15. The average molecular weight is 594 g/mol. The Balaban J connectivity index is 1.92. The SMILES string of the molecule is CCCc1cccc(CN(C[C@@H](O)[C@@H](N)Cc2cc(F)cc(F)c2)C(=O)c2cc(C)cc(C(=O)N(CCC)CCC)c2)c1. The Hall–Kier alpha value is -3.62. The average Bonchev–Trinajstić information content (AvgIpc) is 2.95. The summed E-state index contributed by atoms with van der Waals surface area (Å²) < 4.78 is 27.5. The first kappa shape index (κ1) is 33.9. The number of aliphatic hydroxyl groups excluding tert-OH is 1. The van der Waals surface area contributed by atoms with E-state index in [1.165, 1.54) is 17.0 Å². The molecule has 0 spiro atoms. The van der Waals surface area contributed by atoms with Gasteiger partial charge in [-0.25, -0.2) is 8.78 Å². The molecule has 3 N–H and O–H groups in total. The summed E-state index contributed by atoms with van der Waals surface area (Å²) in [5.41, 5.74) is 10.2. The van der Waals surface area contributed by atoms with E-state index in [0.717, 1.165) is 48.4 Å². The minimum Gasteiger partial charge on any atom is -0.390 e. The number of hydrogen-bond donors (Lipinski definition) is 2. The zero-order chi connectivity index (χ0) is 31.5. The fourth-order valence-corrected chi connectivity index (χ4v) is 5.36. The molecule has 43 heavy (non-hydrogen) atoms. The molecule has 0 unspecified atom stereocenters. The number of nitrogens with two attached hydrogens (primary N) is 1. The zero-order valence-electron chi connectivity index (χ0n) is 25.8. The molecule has 0 saturated heterocycles. The molecule has 3 rings (SSSR count). The van der Waals surface area contributed by atoms with E-state index in [1.807, 2.05) is 45.0 Å². The van der Waals surface area contributed by atoms with Crippen LogP contribution >= 0.6 is 0 Å². The molecule has 0 radical (unpaired) electrons. The van der Waals surface area contributed by atoms with E-state index in [-0.39, 0.29) is 31.3 Å². The van der Waals surface area contributed by atoms with Crippen LogP contribution in [0.3, 0.4) is 0 Å². The monoisotopic (exact) mass is 593 g/mol. The standard InChI is InChI=1S/C35H45F2N3O3/c1-5-9-25-10-8-11-26(16-25)22-40(23-33(41)32(38)19-27-17-30(36)21-31(37)18-27)35(43)29-15-24(4)14-28(20-29)34(42)39(12-6-2)13-7-3/h8,10-11,14-18,20-21,32-33,41H,5-7,9,12-13,19,22-23,38H2,1-4H3/t32-,33+/m0/s1. The molecule has 0 heterocycles. The van der Waals surface area contributed by atoms with Crippen LogP contribution in [0.1, 0.15) is 83.0 Å². The van der Waals surface area contributed by atoms with Gasteiger partial charge in [-0.1, -0.05) is 51.5 Å². The van der Waals surface area contributed by atoms with Crippen molar-refractivity contribution in [3.05, 3.63) is 106 Å². The summed E-state index contributed by atoms with van der Waals surface area (Å²) in [5.74, 6) is -1.91. The van der Waals surface area contributed by atoms with Crippen LogP contribution in [-0.2, 0) is 19.4 Å². The van der Waals surface area contributed by atoms with Gasteiger partial charge in [0.15, 0.2) is 0 Å². The summed E-state index contributed by atoms with van der Waals surface area (Å²) >= 11 is 0. The Labute approximate surface area is 254 Å². The highest BCUT2D eigenvalue weighted by molar-refractivity contribution is 6.00. The minimum atomic E-state index is -1.18. The second-order valence-corrected chi connectivity index (χ2v) is 11.3. The number of amides is 2. The van der Waals surface area contributed by atoms with E-state index < -0.39 is 23.8 Å². The Bertz CT molecular complexity index is 1350. The van der Waals surface area contributed by atoms with Gasteiger partial charge in [0.05, 0.1) is 6.10 Å². The van der Waals surface area contributed by atoms with E-state index in [4.69, 9.17) is 5.73 Å². The van der Waals surface area contributed by atoms with Gasteiger partial charge in [0.1, 0.15) is 11.6 Å². The van der Waals surface area contributed by atoms with Crippen molar-refractivity contribution in [1.82, 2.24) is 9.80 Å². The van der Waals surface area contributed by atoms with Crippen LogP contribution in [0.25, 0.3) is 0 Å². The Morgan fingerprint density at radius 3 is 1.95 bits per heavy atom. The molecule has 0 fully saturated rings. The van der Waals surface area contributed by atoms with Crippen molar-refractivity contribution >= 4 is 11.8 Å². The van der Waals surface area contributed by atoms with Crippen molar-refractivity contribution in [2.24, 2.45) is 5.73 Å². The molecule has 2 amide bonds. The van der Waals surface area contributed by atoms with Crippen LogP contribution in [0.4, 0.5) is 8.78 Å². The van der Waals surface area contributed by atoms with Crippen LogP contribution in [0.15, 0.2) is 60.7 Å². The van der Waals surface area contributed by atoms with Crippen molar-refractivity contribution in [2.75, 3.05) is 19.6 Å². The maximum absolute atomic E-state index is 14.1. The lowest BCUT2D eigenvalue weighted by atomic mass is 10.00. The highest BCUT2D eigenvalue weighted by Crippen LogP contribution is 2.19. The lowest BCUT2D eigenvalue weighted by molar-refractivity contribution is 0.0554. The second kappa shape index (κ2) is 16.3. The first-order valence-electron chi connectivity index (χ1n) is 15.2. The topological polar surface area (TPSA) is 86.9 Å². The maximum Gasteiger partial charge on any atom is 0.254 e. The van der Waals surface area contributed by atoms with Gasteiger partial charge in [-0.2, -0.15) is 0 Å². The number of hydrogen-bond acceptors (Lipinski definition) is 4. The normalized spacial score (nSPS) is 12.6.